The third-order valence-electron chi connectivity index (χ3n) is 5.08. The van der Waals surface area contributed by atoms with Gasteiger partial charge >= 0.3 is 18.2 Å². The molecule has 1 N–H and O–H groups in total. The van der Waals surface area contributed by atoms with Crippen molar-refractivity contribution in [3.8, 4) is 0 Å². The van der Waals surface area contributed by atoms with Crippen molar-refractivity contribution in [1.29, 1.82) is 0 Å². The van der Waals surface area contributed by atoms with E-state index in [1.54, 1.807) is 4.90 Å². The molecule has 2 aliphatic rings. The zero-order chi connectivity index (χ0) is 21.0. The fraction of sp³-hybridized carbons (Fsp3) is 0.611. The lowest BCUT2D eigenvalue weighted by molar-refractivity contribution is -0.141. The van der Waals surface area contributed by atoms with Crippen molar-refractivity contribution in [2.24, 2.45) is 0 Å². The van der Waals surface area contributed by atoms with E-state index >= 15 is 0 Å². The van der Waals surface area contributed by atoms with Crippen LogP contribution in [0.25, 0.3) is 0 Å². The maximum Gasteiger partial charge on any atom is 0.406 e. The Kier molecular flexibility index (Phi) is 6.33. The number of halogens is 3. The second kappa shape index (κ2) is 8.75. The Labute approximate surface area is 165 Å². The maximum atomic E-state index is 12.6. The van der Waals surface area contributed by atoms with Crippen molar-refractivity contribution >= 4 is 17.7 Å². The molecule has 0 bridgehead atoms. The predicted octanol–water partition coefficient (Wildman–Crippen LogP) is 2.17. The fourth-order valence-corrected chi connectivity index (χ4v) is 3.53. The van der Waals surface area contributed by atoms with Crippen LogP contribution in [-0.4, -0.2) is 76.8 Å². The van der Waals surface area contributed by atoms with E-state index in [0.29, 0.717) is 17.7 Å². The van der Waals surface area contributed by atoms with Crippen molar-refractivity contribution < 1.29 is 22.8 Å². The second-order valence-electron chi connectivity index (χ2n) is 7.20. The smallest absolute Gasteiger partial charge is 0.325 e. The molecule has 1 aromatic heterocycles. The average molecular weight is 415 g/mol. The summed E-state index contributed by atoms with van der Waals surface area (Å²) in [5, 5.41) is 2.39. The number of anilines is 1. The number of hydrogen-bond donors (Lipinski definition) is 1. The summed E-state index contributed by atoms with van der Waals surface area (Å²) >= 11 is 0. The lowest BCUT2D eigenvalue weighted by Crippen LogP contribution is -2.55. The van der Waals surface area contributed by atoms with Gasteiger partial charge in [-0.25, -0.2) is 9.59 Å². The predicted molar refractivity (Wildman–Crippen MR) is 99.7 cm³/mol. The summed E-state index contributed by atoms with van der Waals surface area (Å²) in [6.45, 7) is 1.39. The number of rotatable bonds is 2. The molecule has 4 amide bonds. The molecule has 0 aliphatic carbocycles. The second-order valence-corrected chi connectivity index (χ2v) is 7.20. The largest absolute Gasteiger partial charge is 0.406 e. The van der Waals surface area contributed by atoms with Gasteiger partial charge in [-0.2, -0.15) is 13.2 Å². The highest BCUT2D eigenvalue weighted by atomic mass is 19.4. The summed E-state index contributed by atoms with van der Waals surface area (Å²) in [7, 11) is 0. The number of carbonyl (C=O) groups is 2. The van der Waals surface area contributed by atoms with Gasteiger partial charge in [0.1, 0.15) is 12.2 Å². The first-order valence-corrected chi connectivity index (χ1v) is 9.60. The fourth-order valence-electron chi connectivity index (χ4n) is 3.53. The van der Waals surface area contributed by atoms with Gasteiger partial charge < -0.3 is 24.6 Å². The zero-order valence-electron chi connectivity index (χ0n) is 16.0. The van der Waals surface area contributed by atoms with Crippen LogP contribution in [-0.2, 0) is 6.54 Å². The summed E-state index contributed by atoms with van der Waals surface area (Å²) in [4.78, 5) is 42.1. The van der Waals surface area contributed by atoms with E-state index in [1.807, 2.05) is 4.90 Å². The molecular formula is C18H24F3N5O3. The highest BCUT2D eigenvalue weighted by molar-refractivity contribution is 5.89. The third kappa shape index (κ3) is 5.42. The number of piperidine rings is 1. The minimum absolute atomic E-state index is 0.0251. The van der Waals surface area contributed by atoms with Crippen LogP contribution in [0.15, 0.2) is 23.1 Å². The van der Waals surface area contributed by atoms with E-state index in [2.05, 4.69) is 5.32 Å². The van der Waals surface area contributed by atoms with Gasteiger partial charge in [0.15, 0.2) is 0 Å². The molecule has 8 nitrogen and oxygen atoms in total. The van der Waals surface area contributed by atoms with Crippen molar-refractivity contribution in [2.45, 2.75) is 32.0 Å². The molecule has 2 fully saturated rings. The summed E-state index contributed by atoms with van der Waals surface area (Å²) in [6.07, 6.45) is -0.393. The van der Waals surface area contributed by atoms with Gasteiger partial charge in [0, 0.05) is 45.5 Å². The van der Waals surface area contributed by atoms with E-state index in [4.69, 9.17) is 0 Å². The maximum absolute atomic E-state index is 12.6. The standard InChI is InChI=1S/C18H24F3N5O3/c19-18(20,21)13-26-8-4-5-14(15(26)27)22-16(28)23-9-11-25(12-10-23)17(29)24-6-2-1-3-7-24/h4-5,8H,1-3,6-7,9-13H2,(H,22,28). The van der Waals surface area contributed by atoms with E-state index < -0.39 is 24.3 Å². The first kappa shape index (κ1) is 21.0. The van der Waals surface area contributed by atoms with Crippen LogP contribution in [0.2, 0.25) is 0 Å². The number of piperazine rings is 1. The monoisotopic (exact) mass is 415 g/mol. The van der Waals surface area contributed by atoms with Crippen LogP contribution < -0.4 is 10.9 Å². The number of urea groups is 2. The number of amides is 4. The Morgan fingerprint density at radius 3 is 2.14 bits per heavy atom. The highest BCUT2D eigenvalue weighted by Gasteiger charge is 2.30. The van der Waals surface area contributed by atoms with Crippen LogP contribution in [0, 0.1) is 0 Å². The van der Waals surface area contributed by atoms with Crippen molar-refractivity contribution in [3.63, 3.8) is 0 Å². The van der Waals surface area contributed by atoms with E-state index in [1.165, 1.54) is 17.0 Å². The lowest BCUT2D eigenvalue weighted by atomic mass is 10.1. The van der Waals surface area contributed by atoms with Crippen molar-refractivity contribution in [3.05, 3.63) is 28.7 Å². The van der Waals surface area contributed by atoms with E-state index in [0.717, 1.165) is 38.5 Å². The molecule has 0 unspecified atom stereocenters. The number of hydrogen-bond acceptors (Lipinski definition) is 3. The molecule has 1 aromatic rings. The van der Waals surface area contributed by atoms with E-state index in [-0.39, 0.29) is 24.8 Å². The van der Waals surface area contributed by atoms with Crippen molar-refractivity contribution in [2.75, 3.05) is 44.6 Å². The number of pyridine rings is 1. The molecule has 0 spiro atoms. The van der Waals surface area contributed by atoms with Gasteiger partial charge in [-0.15, -0.1) is 0 Å². The minimum atomic E-state index is -4.54. The van der Waals surface area contributed by atoms with Gasteiger partial charge in [-0.1, -0.05) is 0 Å². The van der Waals surface area contributed by atoms with E-state index in [9.17, 15) is 27.6 Å². The van der Waals surface area contributed by atoms with Gasteiger partial charge in [0.05, 0.1) is 0 Å². The lowest BCUT2D eigenvalue weighted by Gasteiger charge is -2.38. The summed E-state index contributed by atoms with van der Waals surface area (Å²) in [5.41, 5.74) is -1.13. The van der Waals surface area contributed by atoms with Crippen molar-refractivity contribution in [1.82, 2.24) is 19.3 Å². The molecule has 3 rings (SSSR count). The SMILES string of the molecule is O=C(Nc1cccn(CC(F)(F)F)c1=O)N1CCN(C(=O)N2CCCCC2)CC1. The summed E-state index contributed by atoms with van der Waals surface area (Å²) in [5.74, 6) is 0. The topological polar surface area (TPSA) is 77.9 Å². The highest BCUT2D eigenvalue weighted by Crippen LogP contribution is 2.17. The summed E-state index contributed by atoms with van der Waals surface area (Å²) < 4.78 is 38.2. The Bertz CT molecular complexity index is 797. The Morgan fingerprint density at radius 1 is 0.931 bits per heavy atom. The van der Waals surface area contributed by atoms with Gasteiger partial charge in [-0.3, -0.25) is 4.79 Å². The quantitative estimate of drug-likeness (QED) is 0.804. The molecule has 11 heteroatoms. The molecule has 0 atom stereocenters. The molecule has 29 heavy (non-hydrogen) atoms. The van der Waals surface area contributed by atoms with Crippen LogP contribution >= 0.6 is 0 Å². The van der Waals surface area contributed by atoms with Gasteiger partial charge in [0.2, 0.25) is 0 Å². The van der Waals surface area contributed by atoms with Crippen LogP contribution in [0.3, 0.4) is 0 Å². The first-order chi connectivity index (χ1) is 13.7. The van der Waals surface area contributed by atoms with Crippen LogP contribution in [0.1, 0.15) is 19.3 Å². The number of aromatic nitrogens is 1. The molecule has 3 heterocycles. The number of likely N-dealkylation sites (tertiary alicyclic amines) is 1. The molecule has 0 saturated carbocycles. The minimum Gasteiger partial charge on any atom is -0.325 e. The van der Waals surface area contributed by atoms with Crippen LogP contribution in [0.4, 0.5) is 28.4 Å². The Balaban J connectivity index is 1.55. The van der Waals surface area contributed by atoms with Gasteiger partial charge in [-0.05, 0) is 31.4 Å². The Hall–Kier alpha value is -2.72. The molecule has 0 radical (unpaired) electrons. The average Bonchev–Trinajstić information content (AvgIpc) is 2.70. The third-order valence-corrected chi connectivity index (χ3v) is 5.08. The number of alkyl halides is 3. The van der Waals surface area contributed by atoms with Crippen LogP contribution in [0.5, 0.6) is 0 Å². The zero-order valence-corrected chi connectivity index (χ0v) is 16.0. The molecule has 160 valence electrons. The molecule has 2 saturated heterocycles. The molecular weight excluding hydrogens is 391 g/mol. The molecule has 0 aromatic carbocycles. The first-order valence-electron chi connectivity index (χ1n) is 9.60. The number of nitrogens with zero attached hydrogens (tertiary/aromatic N) is 4. The Morgan fingerprint density at radius 2 is 1.52 bits per heavy atom. The number of nitrogens with one attached hydrogen (secondary N) is 1. The number of carbonyl (C=O) groups excluding carboxylic acids is 2. The summed E-state index contributed by atoms with van der Waals surface area (Å²) in [6, 6.07) is 1.95. The van der Waals surface area contributed by atoms with Gasteiger partial charge in [0.25, 0.3) is 5.56 Å². The molecule has 2 aliphatic heterocycles. The normalized spacial score (nSPS) is 18.0.